The van der Waals surface area contributed by atoms with Gasteiger partial charge in [-0.25, -0.2) is 0 Å². The van der Waals surface area contributed by atoms with Crippen LogP contribution in [0.2, 0.25) is 0 Å². The highest BCUT2D eigenvalue weighted by molar-refractivity contribution is 5.82. The van der Waals surface area contributed by atoms with Crippen LogP contribution in [0.25, 0.3) is 0 Å². The summed E-state index contributed by atoms with van der Waals surface area (Å²) in [6.45, 7) is 0.262. The normalized spacial score (nSPS) is 26.2. The lowest BCUT2D eigenvalue weighted by atomic mass is 9.86. The lowest BCUT2D eigenvalue weighted by molar-refractivity contribution is -0.138. The number of rotatable bonds is 6. The Morgan fingerprint density at radius 2 is 1.75 bits per heavy atom. The van der Waals surface area contributed by atoms with Gasteiger partial charge in [0.1, 0.15) is 0 Å². The van der Waals surface area contributed by atoms with Gasteiger partial charge in [-0.05, 0) is 50.0 Å². The minimum atomic E-state index is -0.509. The van der Waals surface area contributed by atoms with E-state index in [4.69, 9.17) is 4.74 Å². The summed E-state index contributed by atoms with van der Waals surface area (Å²) in [4.78, 5) is 12.9. The van der Waals surface area contributed by atoms with E-state index in [1.165, 1.54) is 12.8 Å². The van der Waals surface area contributed by atoms with Gasteiger partial charge in [0, 0.05) is 12.6 Å². The van der Waals surface area contributed by atoms with Crippen LogP contribution in [0.15, 0.2) is 30.3 Å². The Kier molecular flexibility index (Phi) is 6.27. The summed E-state index contributed by atoms with van der Waals surface area (Å²) in [6.07, 6.45) is 8.05. The van der Waals surface area contributed by atoms with Crippen LogP contribution in [0.5, 0.6) is 0 Å². The largest absolute Gasteiger partial charge is 0.396 e. The number of carbonyl (C=O) groups excluding carboxylic acids is 1. The van der Waals surface area contributed by atoms with E-state index in [2.05, 4.69) is 5.32 Å². The van der Waals surface area contributed by atoms with Crippen LogP contribution in [-0.2, 0) is 9.53 Å². The minimum Gasteiger partial charge on any atom is -0.396 e. The molecule has 0 spiro atoms. The maximum absolute atomic E-state index is 12.9. The third-order valence-electron chi connectivity index (χ3n) is 5.42. The summed E-state index contributed by atoms with van der Waals surface area (Å²) in [5, 5.41) is 12.4. The smallest absolute Gasteiger partial charge is 0.253 e. The van der Waals surface area contributed by atoms with Gasteiger partial charge in [0.05, 0.1) is 6.10 Å². The van der Waals surface area contributed by atoms with Gasteiger partial charge in [0.2, 0.25) is 0 Å². The van der Waals surface area contributed by atoms with Crippen molar-refractivity contribution in [1.29, 1.82) is 0 Å². The Morgan fingerprint density at radius 1 is 1.08 bits per heavy atom. The molecule has 4 heteroatoms. The molecule has 132 valence electrons. The number of aliphatic hydroxyl groups excluding tert-OH is 1. The van der Waals surface area contributed by atoms with Crippen molar-refractivity contribution in [2.45, 2.75) is 69.6 Å². The lowest BCUT2D eigenvalue weighted by Gasteiger charge is -2.30. The van der Waals surface area contributed by atoms with Crippen molar-refractivity contribution in [3.05, 3.63) is 35.9 Å². The fourth-order valence-electron chi connectivity index (χ4n) is 3.90. The third-order valence-corrected chi connectivity index (χ3v) is 5.42. The lowest BCUT2D eigenvalue weighted by Crippen LogP contribution is -2.41. The molecule has 2 aliphatic rings. The van der Waals surface area contributed by atoms with E-state index in [1.807, 2.05) is 30.3 Å². The van der Waals surface area contributed by atoms with Crippen molar-refractivity contribution in [1.82, 2.24) is 5.32 Å². The molecule has 0 saturated heterocycles. The van der Waals surface area contributed by atoms with Crippen molar-refractivity contribution in [2.75, 3.05) is 6.61 Å². The summed E-state index contributed by atoms with van der Waals surface area (Å²) in [6, 6.07) is 10.0. The molecule has 2 aliphatic carbocycles. The van der Waals surface area contributed by atoms with Crippen LogP contribution in [0.1, 0.15) is 63.0 Å². The first-order chi connectivity index (χ1) is 11.8. The number of amides is 1. The molecule has 0 aliphatic heterocycles. The topological polar surface area (TPSA) is 58.6 Å². The molecule has 0 bridgehead atoms. The zero-order valence-corrected chi connectivity index (χ0v) is 14.3. The van der Waals surface area contributed by atoms with Crippen molar-refractivity contribution < 1.29 is 14.6 Å². The fourth-order valence-corrected chi connectivity index (χ4v) is 3.90. The van der Waals surface area contributed by atoms with Gasteiger partial charge in [-0.1, -0.05) is 43.2 Å². The molecule has 0 aromatic heterocycles. The second kappa shape index (κ2) is 8.63. The first-order valence-electron chi connectivity index (χ1n) is 9.38. The van der Waals surface area contributed by atoms with Gasteiger partial charge in [-0.3, -0.25) is 4.79 Å². The van der Waals surface area contributed by atoms with E-state index < -0.39 is 6.10 Å². The second-order valence-electron chi connectivity index (χ2n) is 7.24. The number of aliphatic hydroxyl groups is 1. The number of carbonyl (C=O) groups is 1. The van der Waals surface area contributed by atoms with Crippen LogP contribution >= 0.6 is 0 Å². The molecule has 4 nitrogen and oxygen atoms in total. The van der Waals surface area contributed by atoms with Gasteiger partial charge >= 0.3 is 0 Å². The molecule has 1 aromatic carbocycles. The molecule has 1 amide bonds. The van der Waals surface area contributed by atoms with E-state index in [0.29, 0.717) is 5.92 Å². The number of hydrogen-bond donors (Lipinski definition) is 2. The fraction of sp³-hybridized carbons (Fsp3) is 0.650. The summed E-state index contributed by atoms with van der Waals surface area (Å²) in [5.41, 5.74) is 0.936. The number of hydrogen-bond acceptors (Lipinski definition) is 3. The molecule has 24 heavy (non-hydrogen) atoms. The molecule has 1 aromatic rings. The minimum absolute atomic E-state index is 0.0134. The molecule has 0 radical (unpaired) electrons. The summed E-state index contributed by atoms with van der Waals surface area (Å²) in [7, 11) is 0. The van der Waals surface area contributed by atoms with Gasteiger partial charge in [-0.15, -0.1) is 0 Å². The first kappa shape index (κ1) is 17.4. The molecular weight excluding hydrogens is 302 g/mol. The van der Waals surface area contributed by atoms with Gasteiger partial charge in [0.15, 0.2) is 6.10 Å². The average Bonchev–Trinajstić information content (AvgIpc) is 3.14. The Balaban J connectivity index is 1.62. The van der Waals surface area contributed by atoms with Crippen molar-refractivity contribution in [3.63, 3.8) is 0 Å². The van der Waals surface area contributed by atoms with E-state index in [1.54, 1.807) is 0 Å². The summed E-state index contributed by atoms with van der Waals surface area (Å²) >= 11 is 0. The number of nitrogens with one attached hydrogen (secondary N) is 1. The predicted molar refractivity (Wildman–Crippen MR) is 93.5 cm³/mol. The Labute approximate surface area is 144 Å². The van der Waals surface area contributed by atoms with Crippen molar-refractivity contribution in [2.24, 2.45) is 5.92 Å². The van der Waals surface area contributed by atoms with Gasteiger partial charge in [0.25, 0.3) is 5.91 Å². The Morgan fingerprint density at radius 3 is 2.38 bits per heavy atom. The van der Waals surface area contributed by atoms with E-state index in [0.717, 1.165) is 44.1 Å². The zero-order valence-electron chi connectivity index (χ0n) is 14.3. The van der Waals surface area contributed by atoms with E-state index in [9.17, 15) is 9.90 Å². The monoisotopic (exact) mass is 331 g/mol. The quantitative estimate of drug-likeness (QED) is 0.840. The molecule has 1 unspecified atom stereocenters. The van der Waals surface area contributed by atoms with Crippen LogP contribution < -0.4 is 5.32 Å². The van der Waals surface area contributed by atoms with Gasteiger partial charge in [-0.2, -0.15) is 0 Å². The van der Waals surface area contributed by atoms with Gasteiger partial charge < -0.3 is 15.2 Å². The van der Waals surface area contributed by atoms with Crippen LogP contribution in [0.3, 0.4) is 0 Å². The SMILES string of the molecule is O=C(NC1CCC(CO)CC1)C(OC1CCCC1)c1ccccc1. The number of ether oxygens (including phenoxy) is 1. The van der Waals surface area contributed by atoms with E-state index in [-0.39, 0.29) is 24.7 Å². The standard InChI is InChI=1S/C20H29NO3/c22-14-15-10-12-17(13-11-15)21-20(23)19(16-6-2-1-3-7-16)24-18-8-4-5-9-18/h1-3,6-7,15,17-19,22H,4-5,8-14H2,(H,21,23). The number of benzene rings is 1. The second-order valence-corrected chi connectivity index (χ2v) is 7.24. The molecule has 2 fully saturated rings. The predicted octanol–water partition coefficient (Wildman–Crippen LogP) is 3.35. The highest BCUT2D eigenvalue weighted by Crippen LogP contribution is 2.29. The average molecular weight is 331 g/mol. The molecule has 3 rings (SSSR count). The van der Waals surface area contributed by atoms with Crippen molar-refractivity contribution in [3.8, 4) is 0 Å². The van der Waals surface area contributed by atoms with Crippen LogP contribution in [0.4, 0.5) is 0 Å². The van der Waals surface area contributed by atoms with Crippen molar-refractivity contribution >= 4 is 5.91 Å². The summed E-state index contributed by atoms with van der Waals surface area (Å²) < 4.78 is 6.19. The third kappa shape index (κ3) is 4.58. The van der Waals surface area contributed by atoms with E-state index >= 15 is 0 Å². The highest BCUT2D eigenvalue weighted by atomic mass is 16.5. The Bertz CT molecular complexity index is 505. The maximum Gasteiger partial charge on any atom is 0.253 e. The van der Waals surface area contributed by atoms with Crippen LogP contribution in [0, 0.1) is 5.92 Å². The molecule has 0 heterocycles. The highest BCUT2D eigenvalue weighted by Gasteiger charge is 2.29. The van der Waals surface area contributed by atoms with Crippen LogP contribution in [-0.4, -0.2) is 29.8 Å². The zero-order chi connectivity index (χ0) is 16.8. The Hall–Kier alpha value is -1.39. The molecular formula is C20H29NO3. The summed E-state index contributed by atoms with van der Waals surface area (Å²) in [5.74, 6) is 0.387. The molecule has 1 atom stereocenters. The molecule has 2 saturated carbocycles. The first-order valence-corrected chi connectivity index (χ1v) is 9.38. The maximum atomic E-state index is 12.9. The molecule has 2 N–H and O–H groups in total.